The maximum absolute atomic E-state index is 11.4. The molecule has 1 aliphatic heterocycles. The van der Waals surface area contributed by atoms with Crippen molar-refractivity contribution in [2.24, 2.45) is 5.84 Å². The Morgan fingerprint density at radius 1 is 1.44 bits per heavy atom. The molecule has 0 aliphatic carbocycles. The number of hydrogen-bond acceptors (Lipinski definition) is 7. The predicted molar refractivity (Wildman–Crippen MR) is 54.5 cm³/mol. The number of carbonyl (C=O) groups is 3. The van der Waals surface area contributed by atoms with Crippen LogP contribution in [0.3, 0.4) is 0 Å². The number of nitrogen functional groups attached to an aromatic ring is 1. The summed E-state index contributed by atoms with van der Waals surface area (Å²) in [5, 5.41) is 3.45. The fraction of sp³-hybridized carbons (Fsp3) is 0.333. The average Bonchev–Trinajstić information content (AvgIpc) is 2.81. The summed E-state index contributed by atoms with van der Waals surface area (Å²) in [6.45, 7) is -0.405. The monoisotopic (exact) mass is 254 g/mol. The van der Waals surface area contributed by atoms with Gasteiger partial charge in [-0.15, -0.1) is 0 Å². The number of amides is 3. The van der Waals surface area contributed by atoms with Crippen LogP contribution in [0.25, 0.3) is 0 Å². The van der Waals surface area contributed by atoms with E-state index in [2.05, 4.69) is 5.16 Å². The number of nitrogens with one attached hydrogen (secondary N) is 1. The number of nitrogens with zero attached hydrogens (tertiary/aromatic N) is 2. The standard InChI is InChI=1S/C9H10N4O5/c10-11-9(16)6-1-5(18-12-6)2-13-7(14)3-17-4-8(13)15/h1H,2-4,10H2,(H,11,16). The number of rotatable bonds is 3. The van der Waals surface area contributed by atoms with Crippen molar-refractivity contribution in [1.29, 1.82) is 0 Å². The highest BCUT2D eigenvalue weighted by Gasteiger charge is 2.28. The molecular formula is C9H10N4O5. The Hall–Kier alpha value is -2.26. The van der Waals surface area contributed by atoms with Gasteiger partial charge in [0.2, 0.25) is 0 Å². The van der Waals surface area contributed by atoms with Crippen LogP contribution in [-0.2, 0) is 20.9 Å². The van der Waals surface area contributed by atoms with E-state index in [4.69, 9.17) is 15.1 Å². The van der Waals surface area contributed by atoms with Crippen LogP contribution < -0.4 is 11.3 Å². The Morgan fingerprint density at radius 3 is 2.72 bits per heavy atom. The topological polar surface area (TPSA) is 128 Å². The molecule has 3 amide bonds. The molecule has 0 spiro atoms. The van der Waals surface area contributed by atoms with Gasteiger partial charge in [-0.05, 0) is 0 Å². The molecule has 1 aromatic heterocycles. The smallest absolute Gasteiger partial charge is 0.287 e. The van der Waals surface area contributed by atoms with Gasteiger partial charge < -0.3 is 9.26 Å². The molecule has 9 nitrogen and oxygen atoms in total. The van der Waals surface area contributed by atoms with E-state index in [-0.39, 0.29) is 31.2 Å². The van der Waals surface area contributed by atoms with Gasteiger partial charge in [-0.2, -0.15) is 0 Å². The Bertz CT molecular complexity index is 481. The molecule has 0 aromatic carbocycles. The fourth-order valence-electron chi connectivity index (χ4n) is 1.42. The van der Waals surface area contributed by atoms with Crippen molar-refractivity contribution >= 4 is 17.7 Å². The van der Waals surface area contributed by atoms with Gasteiger partial charge in [0.25, 0.3) is 17.7 Å². The van der Waals surface area contributed by atoms with Crippen molar-refractivity contribution in [1.82, 2.24) is 15.5 Å². The summed E-state index contributed by atoms with van der Waals surface area (Å²) >= 11 is 0. The van der Waals surface area contributed by atoms with Gasteiger partial charge in [-0.1, -0.05) is 5.16 Å². The van der Waals surface area contributed by atoms with Gasteiger partial charge >= 0.3 is 0 Å². The van der Waals surface area contributed by atoms with Crippen LogP contribution in [0, 0.1) is 0 Å². The molecule has 0 radical (unpaired) electrons. The van der Waals surface area contributed by atoms with Crippen molar-refractivity contribution in [3.8, 4) is 0 Å². The third-order valence-corrected chi connectivity index (χ3v) is 2.29. The van der Waals surface area contributed by atoms with E-state index in [1.165, 1.54) is 6.07 Å². The molecule has 96 valence electrons. The molecule has 3 N–H and O–H groups in total. The number of ether oxygens (including phenoxy) is 1. The van der Waals surface area contributed by atoms with E-state index < -0.39 is 17.7 Å². The molecule has 1 fully saturated rings. The minimum Gasteiger partial charge on any atom is -0.362 e. The normalized spacial score (nSPS) is 15.9. The molecular weight excluding hydrogens is 244 g/mol. The molecule has 0 saturated carbocycles. The summed E-state index contributed by atoms with van der Waals surface area (Å²) in [6.07, 6.45) is 0. The van der Waals surface area contributed by atoms with Crippen LogP contribution in [0.15, 0.2) is 10.6 Å². The van der Waals surface area contributed by atoms with Crippen molar-refractivity contribution in [2.75, 3.05) is 13.2 Å². The second kappa shape index (κ2) is 4.94. The third-order valence-electron chi connectivity index (χ3n) is 2.29. The Kier molecular flexibility index (Phi) is 3.35. The molecule has 2 heterocycles. The molecule has 1 aromatic rings. The molecule has 2 rings (SSSR count). The molecule has 0 bridgehead atoms. The highest BCUT2D eigenvalue weighted by atomic mass is 16.5. The van der Waals surface area contributed by atoms with Crippen LogP contribution in [0.4, 0.5) is 0 Å². The van der Waals surface area contributed by atoms with Gasteiger partial charge in [-0.25, -0.2) is 5.84 Å². The van der Waals surface area contributed by atoms with E-state index in [9.17, 15) is 14.4 Å². The first-order valence-corrected chi connectivity index (χ1v) is 4.99. The fourth-order valence-corrected chi connectivity index (χ4v) is 1.42. The number of hydrogen-bond donors (Lipinski definition) is 2. The van der Waals surface area contributed by atoms with Crippen LogP contribution >= 0.6 is 0 Å². The quantitative estimate of drug-likeness (QED) is 0.281. The van der Waals surface area contributed by atoms with E-state index in [1.807, 2.05) is 5.43 Å². The Balaban J connectivity index is 2.09. The number of imide groups is 1. The zero-order valence-corrected chi connectivity index (χ0v) is 9.21. The maximum atomic E-state index is 11.4. The molecule has 18 heavy (non-hydrogen) atoms. The van der Waals surface area contributed by atoms with Crippen molar-refractivity contribution in [2.45, 2.75) is 6.54 Å². The number of hydrazine groups is 1. The number of nitrogens with two attached hydrogens (primary N) is 1. The van der Waals surface area contributed by atoms with Crippen molar-refractivity contribution in [3.05, 3.63) is 17.5 Å². The third kappa shape index (κ3) is 2.36. The minimum atomic E-state index is -0.621. The summed E-state index contributed by atoms with van der Waals surface area (Å²) in [6, 6.07) is 1.30. The van der Waals surface area contributed by atoms with E-state index in [0.29, 0.717) is 0 Å². The van der Waals surface area contributed by atoms with Gasteiger partial charge in [-0.3, -0.25) is 24.7 Å². The van der Waals surface area contributed by atoms with Gasteiger partial charge in [0.15, 0.2) is 11.5 Å². The van der Waals surface area contributed by atoms with E-state index in [0.717, 1.165) is 4.90 Å². The lowest BCUT2D eigenvalue weighted by Gasteiger charge is -2.23. The first kappa shape index (κ1) is 12.2. The lowest BCUT2D eigenvalue weighted by molar-refractivity contribution is -0.159. The number of aromatic nitrogens is 1. The summed E-state index contributed by atoms with van der Waals surface area (Å²) in [5.41, 5.74) is 1.86. The van der Waals surface area contributed by atoms with Gasteiger partial charge in [0.1, 0.15) is 13.2 Å². The minimum absolute atomic E-state index is 0.0272. The van der Waals surface area contributed by atoms with E-state index in [1.54, 1.807) is 0 Å². The molecule has 1 aliphatic rings. The highest BCUT2D eigenvalue weighted by Crippen LogP contribution is 2.10. The molecule has 9 heteroatoms. The van der Waals surface area contributed by atoms with E-state index >= 15 is 0 Å². The predicted octanol–water partition coefficient (Wildman–Crippen LogP) is -1.84. The molecule has 0 atom stereocenters. The second-order valence-corrected chi connectivity index (χ2v) is 3.52. The SMILES string of the molecule is NNC(=O)c1cc(CN2C(=O)COCC2=O)on1. The van der Waals surface area contributed by atoms with Gasteiger partial charge in [0, 0.05) is 6.07 Å². The summed E-state index contributed by atoms with van der Waals surface area (Å²) in [5.74, 6) is 3.58. The van der Waals surface area contributed by atoms with Crippen molar-refractivity contribution in [3.63, 3.8) is 0 Å². The lowest BCUT2D eigenvalue weighted by Crippen LogP contribution is -2.45. The van der Waals surface area contributed by atoms with Crippen LogP contribution in [0.1, 0.15) is 16.2 Å². The average molecular weight is 254 g/mol. The summed E-state index contributed by atoms with van der Waals surface area (Å²) in [4.78, 5) is 35.0. The Morgan fingerprint density at radius 2 is 2.11 bits per heavy atom. The van der Waals surface area contributed by atoms with Crippen molar-refractivity contribution < 1.29 is 23.6 Å². The van der Waals surface area contributed by atoms with Crippen LogP contribution in [-0.4, -0.2) is 41.0 Å². The van der Waals surface area contributed by atoms with Crippen LogP contribution in [0.5, 0.6) is 0 Å². The highest BCUT2D eigenvalue weighted by molar-refractivity contribution is 5.98. The van der Waals surface area contributed by atoms with Gasteiger partial charge in [0.05, 0.1) is 6.54 Å². The zero-order valence-electron chi connectivity index (χ0n) is 9.21. The molecule has 0 unspecified atom stereocenters. The first-order chi connectivity index (χ1) is 8.61. The first-order valence-electron chi connectivity index (χ1n) is 4.99. The number of carbonyl (C=O) groups excluding carboxylic acids is 3. The Labute approximate surface area is 101 Å². The lowest BCUT2D eigenvalue weighted by atomic mass is 10.3. The van der Waals surface area contributed by atoms with Crippen LogP contribution in [0.2, 0.25) is 0 Å². The largest absolute Gasteiger partial charge is 0.362 e. The summed E-state index contributed by atoms with van der Waals surface area (Å²) in [7, 11) is 0. The molecule has 1 saturated heterocycles. The maximum Gasteiger partial charge on any atom is 0.287 e. The second-order valence-electron chi connectivity index (χ2n) is 3.52. The zero-order chi connectivity index (χ0) is 13.1. The summed E-state index contributed by atoms with van der Waals surface area (Å²) < 4.78 is 9.59. The number of morpholine rings is 1.